The molecule has 0 heterocycles. The van der Waals surface area contributed by atoms with Crippen molar-refractivity contribution in [3.05, 3.63) is 91.9 Å². The van der Waals surface area contributed by atoms with Crippen LogP contribution >= 0.6 is 39.1 Å². The van der Waals surface area contributed by atoms with Gasteiger partial charge in [0.25, 0.3) is 5.91 Å². The number of hydrogen-bond donors (Lipinski definition) is 1. The number of benzene rings is 3. The van der Waals surface area contributed by atoms with Gasteiger partial charge in [-0.3, -0.25) is 4.79 Å². The van der Waals surface area contributed by atoms with E-state index in [1.165, 1.54) is 25.3 Å². The topological polar surface area (TPSA) is 88.4 Å². The van der Waals surface area contributed by atoms with Crippen LogP contribution in [0.15, 0.2) is 70.7 Å². The fraction of sp³-hybridized carbons (Fsp3) is 0.0417. The Kier molecular flexibility index (Phi) is 8.12. The van der Waals surface area contributed by atoms with Crippen LogP contribution in [0.3, 0.4) is 0 Å². The van der Waals surface area contributed by atoms with E-state index in [9.17, 15) is 14.9 Å². The van der Waals surface area contributed by atoms with Gasteiger partial charge in [-0.05, 0) is 70.0 Å². The molecule has 1 N–H and O–H groups in total. The maximum Gasteiger partial charge on any atom is 0.343 e. The number of nitrogens with zero attached hydrogens (tertiary/aromatic N) is 1. The van der Waals surface area contributed by atoms with E-state index in [4.69, 9.17) is 32.7 Å². The maximum atomic E-state index is 12.6. The van der Waals surface area contributed by atoms with Crippen LogP contribution in [0.4, 0.5) is 5.69 Å². The van der Waals surface area contributed by atoms with Crippen molar-refractivity contribution in [2.45, 2.75) is 0 Å². The highest BCUT2D eigenvalue weighted by atomic mass is 79.9. The van der Waals surface area contributed by atoms with Gasteiger partial charge in [-0.15, -0.1) is 0 Å². The fourth-order valence-corrected chi connectivity index (χ4v) is 3.57. The Labute approximate surface area is 208 Å². The molecule has 3 rings (SSSR count). The van der Waals surface area contributed by atoms with Crippen LogP contribution in [0.5, 0.6) is 11.5 Å². The van der Waals surface area contributed by atoms with Gasteiger partial charge in [0.05, 0.1) is 27.2 Å². The zero-order valence-corrected chi connectivity index (χ0v) is 20.2. The van der Waals surface area contributed by atoms with Gasteiger partial charge in [0.1, 0.15) is 11.6 Å². The second-order valence-electron chi connectivity index (χ2n) is 6.54. The van der Waals surface area contributed by atoms with Crippen molar-refractivity contribution in [3.63, 3.8) is 0 Å². The van der Waals surface area contributed by atoms with E-state index in [2.05, 4.69) is 21.2 Å². The SMILES string of the molecule is COc1cc(/C=C(\C#N)C(=O)Nc2ccc(Cl)c(Cl)c2)cc(Br)c1OC(=O)c1ccccc1. The third kappa shape index (κ3) is 6.14. The number of ether oxygens (including phenoxy) is 2. The zero-order chi connectivity index (χ0) is 24.0. The molecule has 3 aromatic rings. The highest BCUT2D eigenvalue weighted by Crippen LogP contribution is 2.38. The number of esters is 1. The molecule has 0 spiro atoms. The molecule has 9 heteroatoms. The summed E-state index contributed by atoms with van der Waals surface area (Å²) in [5.41, 5.74) is 1.07. The van der Waals surface area contributed by atoms with Gasteiger partial charge < -0.3 is 14.8 Å². The van der Waals surface area contributed by atoms with Crippen LogP contribution in [-0.2, 0) is 4.79 Å². The second kappa shape index (κ2) is 11.0. The lowest BCUT2D eigenvalue weighted by atomic mass is 10.1. The number of hydrogen-bond acceptors (Lipinski definition) is 5. The van der Waals surface area contributed by atoms with Crippen LogP contribution in [0.25, 0.3) is 6.08 Å². The molecule has 6 nitrogen and oxygen atoms in total. The number of methoxy groups -OCH3 is 1. The number of carbonyl (C=O) groups excluding carboxylic acids is 2. The molecular weight excluding hydrogens is 531 g/mol. The predicted octanol–water partition coefficient (Wildman–Crippen LogP) is 6.53. The quantitative estimate of drug-likeness (QED) is 0.165. The molecule has 166 valence electrons. The number of halogens is 3. The monoisotopic (exact) mass is 544 g/mol. The van der Waals surface area contributed by atoms with E-state index in [0.29, 0.717) is 26.3 Å². The Balaban J connectivity index is 1.86. The Morgan fingerprint density at radius 1 is 1.06 bits per heavy atom. The van der Waals surface area contributed by atoms with Crippen molar-refractivity contribution in [2.24, 2.45) is 0 Å². The van der Waals surface area contributed by atoms with Crippen LogP contribution in [0.2, 0.25) is 10.0 Å². The summed E-state index contributed by atoms with van der Waals surface area (Å²) in [7, 11) is 1.41. The molecule has 0 aliphatic rings. The second-order valence-corrected chi connectivity index (χ2v) is 8.21. The molecule has 0 atom stereocenters. The van der Waals surface area contributed by atoms with Crippen molar-refractivity contribution in [1.82, 2.24) is 0 Å². The minimum atomic E-state index is -0.634. The van der Waals surface area contributed by atoms with Gasteiger partial charge in [0, 0.05) is 5.69 Å². The Hall–Kier alpha value is -3.31. The third-order valence-corrected chi connectivity index (χ3v) is 5.64. The molecule has 0 unspecified atom stereocenters. The summed E-state index contributed by atoms with van der Waals surface area (Å²) in [6, 6.07) is 18.1. The summed E-state index contributed by atoms with van der Waals surface area (Å²) in [5, 5.41) is 12.7. The molecule has 0 bridgehead atoms. The van der Waals surface area contributed by atoms with Gasteiger partial charge in [-0.2, -0.15) is 5.26 Å². The van der Waals surface area contributed by atoms with Crippen molar-refractivity contribution >= 4 is 62.8 Å². The first-order chi connectivity index (χ1) is 15.8. The lowest BCUT2D eigenvalue weighted by Gasteiger charge is -2.12. The average Bonchev–Trinajstić information content (AvgIpc) is 2.81. The van der Waals surface area contributed by atoms with Crippen molar-refractivity contribution in [2.75, 3.05) is 12.4 Å². The van der Waals surface area contributed by atoms with Crippen LogP contribution < -0.4 is 14.8 Å². The van der Waals surface area contributed by atoms with Gasteiger partial charge in [-0.25, -0.2) is 4.79 Å². The Morgan fingerprint density at radius 3 is 2.42 bits per heavy atom. The molecule has 33 heavy (non-hydrogen) atoms. The summed E-state index contributed by atoms with van der Waals surface area (Å²) in [4.78, 5) is 25.0. The van der Waals surface area contributed by atoms with E-state index >= 15 is 0 Å². The minimum absolute atomic E-state index is 0.163. The van der Waals surface area contributed by atoms with Gasteiger partial charge in [-0.1, -0.05) is 41.4 Å². The smallest absolute Gasteiger partial charge is 0.343 e. The average molecular weight is 546 g/mol. The van der Waals surface area contributed by atoms with Crippen molar-refractivity contribution in [3.8, 4) is 17.6 Å². The lowest BCUT2D eigenvalue weighted by Crippen LogP contribution is -2.13. The Morgan fingerprint density at radius 2 is 1.79 bits per heavy atom. The van der Waals surface area contributed by atoms with Crippen LogP contribution in [0, 0.1) is 11.3 Å². The van der Waals surface area contributed by atoms with Gasteiger partial charge in [0.2, 0.25) is 0 Å². The Bertz CT molecular complexity index is 1290. The molecular formula is C24H15BrCl2N2O4. The molecule has 0 fully saturated rings. The first-order valence-corrected chi connectivity index (χ1v) is 10.9. The molecule has 0 aromatic heterocycles. The number of nitriles is 1. The highest BCUT2D eigenvalue weighted by Gasteiger charge is 2.18. The van der Waals surface area contributed by atoms with E-state index in [1.54, 1.807) is 48.5 Å². The molecule has 0 aliphatic heterocycles. The fourth-order valence-electron chi connectivity index (χ4n) is 2.74. The number of amides is 1. The van der Waals surface area contributed by atoms with E-state index in [-0.39, 0.29) is 22.1 Å². The number of carbonyl (C=O) groups is 2. The van der Waals surface area contributed by atoms with Crippen LogP contribution in [-0.4, -0.2) is 19.0 Å². The molecule has 0 saturated carbocycles. The molecule has 0 radical (unpaired) electrons. The summed E-state index contributed by atoms with van der Waals surface area (Å²) >= 11 is 15.2. The first kappa shape index (κ1) is 24.3. The van der Waals surface area contributed by atoms with Gasteiger partial charge >= 0.3 is 5.97 Å². The number of nitrogens with one attached hydrogen (secondary N) is 1. The van der Waals surface area contributed by atoms with Gasteiger partial charge in [0.15, 0.2) is 11.5 Å². The summed E-state index contributed by atoms with van der Waals surface area (Å²) in [6.07, 6.45) is 1.38. The van der Waals surface area contributed by atoms with Crippen LogP contribution in [0.1, 0.15) is 15.9 Å². The minimum Gasteiger partial charge on any atom is -0.493 e. The highest BCUT2D eigenvalue weighted by molar-refractivity contribution is 9.10. The van der Waals surface area contributed by atoms with Crippen molar-refractivity contribution in [1.29, 1.82) is 5.26 Å². The molecule has 3 aromatic carbocycles. The summed E-state index contributed by atoms with van der Waals surface area (Å²) in [5.74, 6) is -0.786. The normalized spacial score (nSPS) is 10.8. The predicted molar refractivity (Wildman–Crippen MR) is 131 cm³/mol. The van der Waals surface area contributed by atoms with E-state index in [0.717, 1.165) is 0 Å². The first-order valence-electron chi connectivity index (χ1n) is 9.35. The lowest BCUT2D eigenvalue weighted by molar-refractivity contribution is -0.112. The largest absolute Gasteiger partial charge is 0.493 e. The van der Waals surface area contributed by atoms with Crippen molar-refractivity contribution < 1.29 is 19.1 Å². The number of anilines is 1. The molecule has 0 saturated heterocycles. The molecule has 0 aliphatic carbocycles. The summed E-state index contributed by atoms with van der Waals surface area (Å²) in [6.45, 7) is 0. The third-order valence-electron chi connectivity index (χ3n) is 4.31. The van der Waals surface area contributed by atoms with E-state index in [1.807, 2.05) is 6.07 Å². The summed E-state index contributed by atoms with van der Waals surface area (Å²) < 4.78 is 11.2. The zero-order valence-electron chi connectivity index (χ0n) is 17.1. The molecule has 1 amide bonds. The standard InChI is InChI=1S/C24H15BrCl2N2O4/c1-32-21-11-14(10-18(25)22(21)33-24(31)15-5-3-2-4-6-15)9-16(13-28)23(30)29-17-7-8-19(26)20(27)12-17/h2-12H,1H3,(H,29,30)/b16-9+. The maximum absolute atomic E-state index is 12.6. The van der Waals surface area contributed by atoms with E-state index < -0.39 is 11.9 Å². The number of rotatable bonds is 6.